The molecule has 0 aromatic heterocycles. The van der Waals surface area contributed by atoms with Crippen LogP contribution in [0.5, 0.6) is 11.5 Å². The van der Waals surface area contributed by atoms with Gasteiger partial charge in [-0.2, -0.15) is 0 Å². The number of hydrogen-bond acceptors (Lipinski definition) is 4. The van der Waals surface area contributed by atoms with Gasteiger partial charge in [-0.05, 0) is 37.1 Å². The first-order chi connectivity index (χ1) is 12.5. The van der Waals surface area contributed by atoms with Crippen molar-refractivity contribution in [1.82, 2.24) is 0 Å². The van der Waals surface area contributed by atoms with Crippen LogP contribution >= 0.6 is 0 Å². The van der Waals surface area contributed by atoms with Crippen LogP contribution in [-0.4, -0.2) is 25.5 Å². The molecule has 2 amide bonds. The molecular formula is C19H19FN2O4. The normalized spacial score (nSPS) is 13.0. The van der Waals surface area contributed by atoms with Crippen molar-refractivity contribution in [1.29, 1.82) is 0 Å². The molecule has 26 heavy (non-hydrogen) atoms. The molecule has 0 saturated heterocycles. The van der Waals surface area contributed by atoms with E-state index >= 15 is 0 Å². The summed E-state index contributed by atoms with van der Waals surface area (Å²) in [6, 6.07) is 10.7. The van der Waals surface area contributed by atoms with Crippen LogP contribution in [0.3, 0.4) is 0 Å². The molecule has 0 heterocycles. The first-order valence-corrected chi connectivity index (χ1v) is 8.22. The molecule has 1 fully saturated rings. The Bertz CT molecular complexity index is 821. The van der Waals surface area contributed by atoms with Gasteiger partial charge in [0.15, 0.2) is 6.61 Å². The van der Waals surface area contributed by atoms with Gasteiger partial charge in [0.25, 0.3) is 5.91 Å². The number of amides is 2. The second-order valence-corrected chi connectivity index (χ2v) is 5.97. The molecule has 0 atom stereocenters. The van der Waals surface area contributed by atoms with Gasteiger partial charge >= 0.3 is 0 Å². The Morgan fingerprint density at radius 1 is 1.15 bits per heavy atom. The molecule has 1 saturated carbocycles. The van der Waals surface area contributed by atoms with E-state index in [9.17, 15) is 14.0 Å². The zero-order chi connectivity index (χ0) is 18.5. The highest BCUT2D eigenvalue weighted by Crippen LogP contribution is 2.30. The van der Waals surface area contributed by atoms with E-state index in [2.05, 4.69) is 10.6 Å². The molecule has 0 radical (unpaired) electrons. The van der Waals surface area contributed by atoms with Crippen LogP contribution in [0.1, 0.15) is 12.8 Å². The Morgan fingerprint density at radius 2 is 1.96 bits per heavy atom. The molecule has 6 nitrogen and oxygen atoms in total. The summed E-state index contributed by atoms with van der Waals surface area (Å²) in [5, 5.41) is 5.42. The minimum absolute atomic E-state index is 0.00305. The third-order valence-electron chi connectivity index (χ3n) is 3.86. The number of halogens is 1. The number of methoxy groups -OCH3 is 1. The van der Waals surface area contributed by atoms with Crippen molar-refractivity contribution in [3.8, 4) is 11.5 Å². The molecule has 2 aromatic carbocycles. The van der Waals surface area contributed by atoms with Crippen LogP contribution in [0.2, 0.25) is 0 Å². The predicted molar refractivity (Wildman–Crippen MR) is 94.9 cm³/mol. The fraction of sp³-hybridized carbons (Fsp3) is 0.263. The van der Waals surface area contributed by atoms with E-state index in [0.717, 1.165) is 12.8 Å². The summed E-state index contributed by atoms with van der Waals surface area (Å²) >= 11 is 0. The van der Waals surface area contributed by atoms with E-state index in [1.54, 1.807) is 24.3 Å². The SMILES string of the molecule is COc1cc(F)ccc1NC(=O)COc1cccc(NC(=O)C2CC2)c1. The molecule has 0 unspecified atom stereocenters. The van der Waals surface area contributed by atoms with Crippen molar-refractivity contribution >= 4 is 23.2 Å². The number of ether oxygens (including phenoxy) is 2. The molecule has 3 rings (SSSR count). The van der Waals surface area contributed by atoms with E-state index in [0.29, 0.717) is 17.1 Å². The number of benzene rings is 2. The lowest BCUT2D eigenvalue weighted by Gasteiger charge is -2.11. The van der Waals surface area contributed by atoms with E-state index < -0.39 is 11.7 Å². The quantitative estimate of drug-likeness (QED) is 0.797. The number of nitrogens with one attached hydrogen (secondary N) is 2. The highest BCUT2D eigenvalue weighted by atomic mass is 19.1. The van der Waals surface area contributed by atoms with Gasteiger partial charge in [0.1, 0.15) is 17.3 Å². The Morgan fingerprint density at radius 3 is 2.69 bits per heavy atom. The Labute approximate surface area is 150 Å². The van der Waals surface area contributed by atoms with Gasteiger partial charge in [-0.25, -0.2) is 4.39 Å². The molecule has 0 aliphatic heterocycles. The van der Waals surface area contributed by atoms with Crippen LogP contribution < -0.4 is 20.1 Å². The number of anilines is 2. The smallest absolute Gasteiger partial charge is 0.262 e. The Hall–Kier alpha value is -3.09. The molecule has 2 aromatic rings. The first kappa shape index (κ1) is 17.7. The molecule has 1 aliphatic rings. The Kier molecular flexibility index (Phi) is 5.36. The van der Waals surface area contributed by atoms with Gasteiger partial charge in [0, 0.05) is 23.7 Å². The summed E-state index contributed by atoms with van der Waals surface area (Å²) in [5.41, 5.74) is 0.980. The van der Waals surface area contributed by atoms with Crippen molar-refractivity contribution < 1.29 is 23.5 Å². The van der Waals surface area contributed by atoms with Gasteiger partial charge in [-0.3, -0.25) is 9.59 Å². The summed E-state index contributed by atoms with van der Waals surface area (Å²) in [7, 11) is 1.39. The monoisotopic (exact) mass is 358 g/mol. The van der Waals surface area contributed by atoms with E-state index in [4.69, 9.17) is 9.47 Å². The summed E-state index contributed by atoms with van der Waals surface area (Å²) < 4.78 is 23.7. The average Bonchev–Trinajstić information content (AvgIpc) is 3.47. The van der Waals surface area contributed by atoms with Gasteiger partial charge in [-0.1, -0.05) is 6.07 Å². The van der Waals surface area contributed by atoms with Crippen LogP contribution in [-0.2, 0) is 9.59 Å². The maximum atomic E-state index is 13.2. The summed E-state index contributed by atoms with van der Waals surface area (Å²) in [5.74, 6) is -0.0780. The van der Waals surface area contributed by atoms with Crippen molar-refractivity contribution in [3.63, 3.8) is 0 Å². The van der Waals surface area contributed by atoms with E-state index in [-0.39, 0.29) is 24.2 Å². The largest absolute Gasteiger partial charge is 0.494 e. The number of carbonyl (C=O) groups is 2. The van der Waals surface area contributed by atoms with Crippen LogP contribution in [0.15, 0.2) is 42.5 Å². The summed E-state index contributed by atoms with van der Waals surface area (Å²) in [4.78, 5) is 23.8. The molecule has 0 bridgehead atoms. The number of rotatable bonds is 7. The zero-order valence-corrected chi connectivity index (χ0v) is 14.3. The summed E-state index contributed by atoms with van der Waals surface area (Å²) in [6.45, 7) is -0.236. The number of carbonyl (C=O) groups excluding carboxylic acids is 2. The molecule has 136 valence electrons. The fourth-order valence-electron chi connectivity index (χ4n) is 2.36. The molecule has 7 heteroatoms. The minimum Gasteiger partial charge on any atom is -0.494 e. The highest BCUT2D eigenvalue weighted by molar-refractivity contribution is 5.94. The van der Waals surface area contributed by atoms with Crippen molar-refractivity contribution in [2.45, 2.75) is 12.8 Å². The van der Waals surface area contributed by atoms with Gasteiger partial charge in [0.2, 0.25) is 5.91 Å². The van der Waals surface area contributed by atoms with Crippen LogP contribution in [0.25, 0.3) is 0 Å². The standard InChI is InChI=1S/C19H19FN2O4/c1-25-17-9-13(20)7-8-16(17)22-18(23)11-26-15-4-2-3-14(10-15)21-19(24)12-5-6-12/h2-4,7-10,12H,5-6,11H2,1H3,(H,21,24)(H,22,23). The molecule has 1 aliphatic carbocycles. The molecular weight excluding hydrogens is 339 g/mol. The maximum Gasteiger partial charge on any atom is 0.262 e. The lowest BCUT2D eigenvalue weighted by Crippen LogP contribution is -2.20. The molecule has 2 N–H and O–H groups in total. The van der Waals surface area contributed by atoms with Gasteiger partial charge < -0.3 is 20.1 Å². The van der Waals surface area contributed by atoms with E-state index in [1.807, 2.05) is 0 Å². The van der Waals surface area contributed by atoms with Gasteiger partial charge in [0.05, 0.1) is 12.8 Å². The van der Waals surface area contributed by atoms with E-state index in [1.165, 1.54) is 25.3 Å². The average molecular weight is 358 g/mol. The topological polar surface area (TPSA) is 76.7 Å². The van der Waals surface area contributed by atoms with Crippen LogP contribution in [0.4, 0.5) is 15.8 Å². The fourth-order valence-corrected chi connectivity index (χ4v) is 2.36. The minimum atomic E-state index is -0.457. The lowest BCUT2D eigenvalue weighted by atomic mass is 10.2. The van der Waals surface area contributed by atoms with Crippen molar-refractivity contribution in [2.24, 2.45) is 5.92 Å². The Balaban J connectivity index is 1.55. The van der Waals surface area contributed by atoms with Crippen molar-refractivity contribution in [3.05, 3.63) is 48.3 Å². The summed E-state index contributed by atoms with van der Waals surface area (Å²) in [6.07, 6.45) is 1.85. The lowest BCUT2D eigenvalue weighted by molar-refractivity contribution is -0.118. The predicted octanol–water partition coefficient (Wildman–Crippen LogP) is 3.20. The second-order valence-electron chi connectivity index (χ2n) is 5.97. The zero-order valence-electron chi connectivity index (χ0n) is 14.3. The molecule has 0 spiro atoms. The van der Waals surface area contributed by atoms with Crippen molar-refractivity contribution in [2.75, 3.05) is 24.4 Å². The third kappa shape index (κ3) is 4.72. The highest BCUT2D eigenvalue weighted by Gasteiger charge is 2.29. The second kappa shape index (κ2) is 7.86. The third-order valence-corrected chi connectivity index (χ3v) is 3.86. The van der Waals surface area contributed by atoms with Crippen LogP contribution in [0, 0.1) is 11.7 Å². The maximum absolute atomic E-state index is 13.2. The first-order valence-electron chi connectivity index (χ1n) is 8.22. The number of hydrogen-bond donors (Lipinski definition) is 2. The van der Waals surface area contributed by atoms with Gasteiger partial charge in [-0.15, -0.1) is 0 Å².